The number of nitrogens with one attached hydrogen (secondary N) is 1. The summed E-state index contributed by atoms with van der Waals surface area (Å²) in [4.78, 5) is 12.1. The summed E-state index contributed by atoms with van der Waals surface area (Å²) in [5.41, 5.74) is 0.401. The molecular weight excluding hydrogens is 308 g/mol. The molecule has 1 N–H and O–H groups in total. The second-order valence-electron chi connectivity index (χ2n) is 4.72. The predicted octanol–water partition coefficient (Wildman–Crippen LogP) is 0.612. The molecule has 0 spiro atoms. The standard InChI is InChI=1S/C14H22N2O5S/c1-11(14(17)15-9-10-20-2)16(22(4,18)19)12-5-7-13(21-3)8-6-12/h5-8,11H,9-10H2,1-4H3,(H,15,17)/t11-/m0/s1. The van der Waals surface area contributed by atoms with Crippen molar-refractivity contribution in [2.45, 2.75) is 13.0 Å². The minimum atomic E-state index is -3.61. The Labute approximate surface area is 131 Å². The van der Waals surface area contributed by atoms with Crippen LogP contribution in [0, 0.1) is 0 Å². The van der Waals surface area contributed by atoms with Crippen molar-refractivity contribution in [2.75, 3.05) is 37.9 Å². The summed E-state index contributed by atoms with van der Waals surface area (Å²) in [6.07, 6.45) is 1.07. The molecule has 1 rings (SSSR count). The lowest BCUT2D eigenvalue weighted by Crippen LogP contribution is -2.48. The van der Waals surface area contributed by atoms with Crippen LogP contribution in [-0.2, 0) is 19.6 Å². The number of sulfonamides is 1. The van der Waals surface area contributed by atoms with Gasteiger partial charge in [0.2, 0.25) is 15.9 Å². The molecular formula is C14H22N2O5S. The van der Waals surface area contributed by atoms with Crippen molar-refractivity contribution in [3.05, 3.63) is 24.3 Å². The first-order valence-electron chi connectivity index (χ1n) is 6.71. The van der Waals surface area contributed by atoms with Crippen LogP contribution in [0.4, 0.5) is 5.69 Å². The van der Waals surface area contributed by atoms with E-state index in [1.165, 1.54) is 21.1 Å². The molecule has 0 unspecified atom stereocenters. The zero-order valence-electron chi connectivity index (χ0n) is 13.2. The van der Waals surface area contributed by atoms with E-state index in [-0.39, 0.29) is 0 Å². The lowest BCUT2D eigenvalue weighted by atomic mass is 10.2. The molecule has 0 radical (unpaired) electrons. The van der Waals surface area contributed by atoms with Crippen LogP contribution < -0.4 is 14.4 Å². The molecule has 1 aromatic carbocycles. The van der Waals surface area contributed by atoms with Gasteiger partial charge >= 0.3 is 0 Å². The molecule has 8 heteroatoms. The Morgan fingerprint density at radius 2 is 1.86 bits per heavy atom. The van der Waals surface area contributed by atoms with Crippen molar-refractivity contribution in [1.29, 1.82) is 0 Å². The van der Waals surface area contributed by atoms with E-state index in [1.54, 1.807) is 24.3 Å². The molecule has 22 heavy (non-hydrogen) atoms. The fourth-order valence-corrected chi connectivity index (χ4v) is 3.14. The summed E-state index contributed by atoms with van der Waals surface area (Å²) in [6.45, 7) is 2.22. The van der Waals surface area contributed by atoms with Crippen molar-refractivity contribution < 1.29 is 22.7 Å². The number of amides is 1. The monoisotopic (exact) mass is 330 g/mol. The first-order valence-corrected chi connectivity index (χ1v) is 8.56. The molecule has 124 valence electrons. The Bertz CT molecular complexity index is 586. The smallest absolute Gasteiger partial charge is 0.243 e. The van der Waals surface area contributed by atoms with E-state index in [2.05, 4.69) is 5.32 Å². The molecule has 1 atom stereocenters. The van der Waals surface area contributed by atoms with Crippen LogP contribution >= 0.6 is 0 Å². The van der Waals surface area contributed by atoms with Gasteiger partial charge in [-0.05, 0) is 31.2 Å². The van der Waals surface area contributed by atoms with E-state index in [9.17, 15) is 13.2 Å². The summed E-state index contributed by atoms with van der Waals surface area (Å²) in [5.74, 6) is 0.215. The minimum Gasteiger partial charge on any atom is -0.497 e. The first-order chi connectivity index (χ1) is 10.3. The topological polar surface area (TPSA) is 84.9 Å². The lowest BCUT2D eigenvalue weighted by molar-refractivity contribution is -0.122. The highest BCUT2D eigenvalue weighted by Gasteiger charge is 2.28. The first kappa shape index (κ1) is 18.2. The third kappa shape index (κ3) is 4.88. The normalized spacial score (nSPS) is 12.5. The van der Waals surface area contributed by atoms with Gasteiger partial charge in [0.1, 0.15) is 11.8 Å². The van der Waals surface area contributed by atoms with Gasteiger partial charge < -0.3 is 14.8 Å². The lowest BCUT2D eigenvalue weighted by Gasteiger charge is -2.28. The Kier molecular flexibility index (Phi) is 6.63. The van der Waals surface area contributed by atoms with Crippen molar-refractivity contribution >= 4 is 21.6 Å². The van der Waals surface area contributed by atoms with Crippen molar-refractivity contribution in [1.82, 2.24) is 5.32 Å². The van der Waals surface area contributed by atoms with E-state index >= 15 is 0 Å². The van der Waals surface area contributed by atoms with Crippen molar-refractivity contribution in [2.24, 2.45) is 0 Å². The van der Waals surface area contributed by atoms with Gasteiger partial charge in [0.05, 0.1) is 25.7 Å². The Morgan fingerprint density at radius 3 is 2.32 bits per heavy atom. The molecule has 0 aromatic heterocycles. The number of hydrogen-bond acceptors (Lipinski definition) is 5. The van der Waals surface area contributed by atoms with Gasteiger partial charge in [-0.3, -0.25) is 9.10 Å². The van der Waals surface area contributed by atoms with Gasteiger partial charge in [-0.2, -0.15) is 0 Å². The molecule has 1 aromatic rings. The summed E-state index contributed by atoms with van der Waals surface area (Å²) in [6, 6.07) is 5.60. The molecule has 0 aliphatic rings. The van der Waals surface area contributed by atoms with E-state index in [4.69, 9.17) is 9.47 Å². The number of benzene rings is 1. The van der Waals surface area contributed by atoms with E-state index in [0.29, 0.717) is 24.6 Å². The average molecular weight is 330 g/mol. The maximum absolute atomic E-state index is 12.1. The third-order valence-electron chi connectivity index (χ3n) is 3.02. The van der Waals surface area contributed by atoms with E-state index in [1.807, 2.05) is 0 Å². The van der Waals surface area contributed by atoms with Crippen molar-refractivity contribution in [3.63, 3.8) is 0 Å². The maximum atomic E-state index is 12.1. The van der Waals surface area contributed by atoms with Gasteiger partial charge in [0, 0.05) is 13.7 Å². The molecule has 0 saturated carbocycles. The summed E-state index contributed by atoms with van der Waals surface area (Å²) in [7, 11) is -0.565. The Morgan fingerprint density at radius 1 is 1.27 bits per heavy atom. The Hall–Kier alpha value is -1.80. The van der Waals surface area contributed by atoms with E-state index in [0.717, 1.165) is 10.6 Å². The highest BCUT2D eigenvalue weighted by Crippen LogP contribution is 2.23. The number of carbonyl (C=O) groups is 1. The summed E-state index contributed by atoms with van der Waals surface area (Å²) in [5, 5.41) is 2.63. The zero-order valence-corrected chi connectivity index (χ0v) is 14.0. The number of rotatable bonds is 8. The quantitative estimate of drug-likeness (QED) is 0.706. The van der Waals surface area contributed by atoms with Crippen LogP contribution in [0.5, 0.6) is 5.75 Å². The molecule has 0 saturated heterocycles. The molecule has 0 aliphatic heterocycles. The molecule has 0 aliphatic carbocycles. The number of anilines is 1. The van der Waals surface area contributed by atoms with Crippen LogP contribution in [0.1, 0.15) is 6.92 Å². The largest absolute Gasteiger partial charge is 0.497 e. The molecule has 1 amide bonds. The van der Waals surface area contributed by atoms with Crippen LogP contribution in [0.25, 0.3) is 0 Å². The fourth-order valence-electron chi connectivity index (χ4n) is 1.96. The second-order valence-corrected chi connectivity index (χ2v) is 6.58. The number of ether oxygens (including phenoxy) is 2. The average Bonchev–Trinajstić information content (AvgIpc) is 2.46. The summed E-state index contributed by atoms with van der Waals surface area (Å²) < 4.78 is 35.1. The van der Waals surface area contributed by atoms with Crippen LogP contribution in [0.15, 0.2) is 24.3 Å². The van der Waals surface area contributed by atoms with Gasteiger partial charge in [-0.1, -0.05) is 0 Å². The van der Waals surface area contributed by atoms with Gasteiger partial charge in [0.15, 0.2) is 0 Å². The Balaban J connectivity index is 3.00. The van der Waals surface area contributed by atoms with Crippen LogP contribution in [0.2, 0.25) is 0 Å². The number of carbonyl (C=O) groups excluding carboxylic acids is 1. The SMILES string of the molecule is COCCNC(=O)[C@H](C)N(c1ccc(OC)cc1)S(C)(=O)=O. The fraction of sp³-hybridized carbons (Fsp3) is 0.500. The molecule has 0 bridgehead atoms. The molecule has 0 fully saturated rings. The maximum Gasteiger partial charge on any atom is 0.243 e. The van der Waals surface area contributed by atoms with E-state index < -0.39 is 22.0 Å². The minimum absolute atomic E-state index is 0.319. The van der Waals surface area contributed by atoms with Crippen LogP contribution in [-0.4, -0.2) is 54.0 Å². The highest BCUT2D eigenvalue weighted by atomic mass is 32.2. The number of nitrogens with zero attached hydrogens (tertiary/aromatic N) is 1. The molecule has 7 nitrogen and oxygen atoms in total. The summed E-state index contributed by atoms with van der Waals surface area (Å²) >= 11 is 0. The number of hydrogen-bond donors (Lipinski definition) is 1. The van der Waals surface area contributed by atoms with Crippen molar-refractivity contribution in [3.8, 4) is 5.75 Å². The second kappa shape index (κ2) is 8.00. The van der Waals surface area contributed by atoms with Gasteiger partial charge in [-0.15, -0.1) is 0 Å². The van der Waals surface area contributed by atoms with Gasteiger partial charge in [0.25, 0.3) is 0 Å². The van der Waals surface area contributed by atoms with Gasteiger partial charge in [-0.25, -0.2) is 8.42 Å². The van der Waals surface area contributed by atoms with Crippen LogP contribution in [0.3, 0.4) is 0 Å². The predicted molar refractivity (Wildman–Crippen MR) is 84.7 cm³/mol. The molecule has 0 heterocycles. The number of methoxy groups -OCH3 is 2. The zero-order chi connectivity index (χ0) is 16.8. The highest BCUT2D eigenvalue weighted by molar-refractivity contribution is 7.92. The third-order valence-corrected chi connectivity index (χ3v) is 4.26.